The molecule has 0 unspecified atom stereocenters. The highest BCUT2D eigenvalue weighted by Gasteiger charge is 2.52. The molecule has 0 bridgehead atoms. The molecule has 2 aliphatic rings. The molecular weight excluding hydrogens is 386 g/mol. The van der Waals surface area contributed by atoms with Gasteiger partial charge in [-0.1, -0.05) is 31.0 Å². The molecule has 2 heterocycles. The normalized spacial score (nSPS) is 18.4. The van der Waals surface area contributed by atoms with Gasteiger partial charge >= 0.3 is 6.03 Å². The van der Waals surface area contributed by atoms with E-state index in [9.17, 15) is 19.2 Å². The maximum atomic E-state index is 12.6. The Morgan fingerprint density at radius 2 is 1.96 bits per heavy atom. The van der Waals surface area contributed by atoms with Crippen LogP contribution in [0.1, 0.15) is 44.3 Å². The van der Waals surface area contributed by atoms with Crippen molar-refractivity contribution in [1.29, 1.82) is 0 Å². The fourth-order valence-electron chi connectivity index (χ4n) is 3.43. The van der Waals surface area contributed by atoms with E-state index < -0.39 is 29.3 Å². The fraction of sp³-hybridized carbons (Fsp3) is 0.625. The van der Waals surface area contributed by atoms with Crippen LogP contribution in [0.4, 0.5) is 4.79 Å². The van der Waals surface area contributed by atoms with Crippen LogP contribution < -0.4 is 16.5 Å². The van der Waals surface area contributed by atoms with Crippen molar-refractivity contribution in [1.82, 2.24) is 30.5 Å². The summed E-state index contributed by atoms with van der Waals surface area (Å²) in [6.07, 6.45) is 4.47. The van der Waals surface area contributed by atoms with Crippen LogP contribution in [0.15, 0.2) is 5.16 Å². The van der Waals surface area contributed by atoms with Crippen LogP contribution in [0.25, 0.3) is 0 Å². The topological polar surface area (TPSA) is 152 Å². The first-order chi connectivity index (χ1) is 13.3. The molecule has 1 aliphatic heterocycles. The lowest BCUT2D eigenvalue weighted by molar-refractivity contribution is -0.139. The van der Waals surface area contributed by atoms with Crippen molar-refractivity contribution in [2.75, 3.05) is 5.75 Å². The number of amides is 5. The maximum absolute atomic E-state index is 12.6. The number of nitrogens with zero attached hydrogens (tertiary/aromatic N) is 4. The second-order valence-electron chi connectivity index (χ2n) is 6.96. The van der Waals surface area contributed by atoms with E-state index in [2.05, 4.69) is 20.9 Å². The number of primary amides is 1. The van der Waals surface area contributed by atoms with Gasteiger partial charge < -0.3 is 15.6 Å². The van der Waals surface area contributed by atoms with Crippen LogP contribution in [0.2, 0.25) is 0 Å². The van der Waals surface area contributed by atoms with Gasteiger partial charge in [0.15, 0.2) is 5.16 Å². The summed E-state index contributed by atoms with van der Waals surface area (Å²) in [5, 5.41) is 12.0. The number of aryl methyl sites for hydroxylation is 1. The van der Waals surface area contributed by atoms with E-state index in [1.807, 2.05) is 0 Å². The minimum atomic E-state index is -0.880. The Bertz CT molecular complexity index is 803. The molecule has 0 aromatic carbocycles. The van der Waals surface area contributed by atoms with Gasteiger partial charge in [0.25, 0.3) is 5.91 Å². The highest BCUT2D eigenvalue weighted by Crippen LogP contribution is 2.33. The summed E-state index contributed by atoms with van der Waals surface area (Å²) in [5.41, 5.74) is 6.63. The van der Waals surface area contributed by atoms with Crippen LogP contribution in [0, 0.1) is 0 Å². The number of nitrogens with one attached hydrogen (secondary N) is 2. The lowest BCUT2D eigenvalue weighted by Crippen LogP contribution is -2.51. The number of rotatable bonds is 7. The first-order valence-electron chi connectivity index (χ1n) is 9.08. The lowest BCUT2D eigenvalue weighted by Gasteiger charge is -2.30. The largest absolute Gasteiger partial charge is 0.370 e. The van der Waals surface area contributed by atoms with E-state index >= 15 is 0 Å². The SMILES string of the molecule is Cn1c(CCC(N)=O)nnc1SCC(=O)NN1C(=O)NC2(CCCCC2)C1=O. The summed E-state index contributed by atoms with van der Waals surface area (Å²) < 4.78 is 1.67. The number of carbonyl (C=O) groups excluding carboxylic acids is 4. The van der Waals surface area contributed by atoms with Gasteiger partial charge in [-0.15, -0.1) is 10.2 Å². The second-order valence-corrected chi connectivity index (χ2v) is 7.90. The number of thioether (sulfide) groups is 1. The molecule has 0 radical (unpaired) electrons. The quantitative estimate of drug-likeness (QED) is 0.409. The first-order valence-corrected chi connectivity index (χ1v) is 10.1. The number of nitrogens with two attached hydrogens (primary N) is 1. The molecule has 3 rings (SSSR count). The van der Waals surface area contributed by atoms with Crippen molar-refractivity contribution in [3.63, 3.8) is 0 Å². The highest BCUT2D eigenvalue weighted by molar-refractivity contribution is 7.99. The highest BCUT2D eigenvalue weighted by atomic mass is 32.2. The van der Waals surface area contributed by atoms with Gasteiger partial charge in [0.05, 0.1) is 5.75 Å². The average molecular weight is 409 g/mol. The first kappa shape index (κ1) is 20.1. The number of hydrazine groups is 1. The molecule has 1 saturated heterocycles. The van der Waals surface area contributed by atoms with Gasteiger partial charge in [0, 0.05) is 19.9 Å². The van der Waals surface area contributed by atoms with Crippen molar-refractivity contribution in [3.8, 4) is 0 Å². The van der Waals surface area contributed by atoms with Crippen LogP contribution in [0.3, 0.4) is 0 Å². The number of hydrogen-bond donors (Lipinski definition) is 3. The number of imide groups is 1. The van der Waals surface area contributed by atoms with Gasteiger partial charge in [0.2, 0.25) is 11.8 Å². The number of hydrogen-bond acceptors (Lipinski definition) is 7. The Kier molecular flexibility index (Phi) is 5.87. The third-order valence-electron chi connectivity index (χ3n) is 4.96. The monoisotopic (exact) mass is 409 g/mol. The zero-order valence-electron chi connectivity index (χ0n) is 15.6. The van der Waals surface area contributed by atoms with Gasteiger partial charge in [-0.3, -0.25) is 19.8 Å². The van der Waals surface area contributed by atoms with Crippen molar-refractivity contribution >= 4 is 35.5 Å². The Morgan fingerprint density at radius 1 is 1.25 bits per heavy atom. The van der Waals surface area contributed by atoms with E-state index in [4.69, 9.17) is 5.73 Å². The summed E-state index contributed by atoms with van der Waals surface area (Å²) in [5.74, 6) is -0.798. The zero-order chi connectivity index (χ0) is 20.3. The Morgan fingerprint density at radius 3 is 2.64 bits per heavy atom. The molecular formula is C16H23N7O4S. The molecule has 1 aliphatic carbocycles. The summed E-state index contributed by atoms with van der Waals surface area (Å²) in [6.45, 7) is 0. The van der Waals surface area contributed by atoms with Crippen LogP contribution in [-0.4, -0.2) is 54.8 Å². The van der Waals surface area contributed by atoms with E-state index in [1.165, 1.54) is 0 Å². The molecule has 1 saturated carbocycles. The van der Waals surface area contributed by atoms with Gasteiger partial charge in [-0.05, 0) is 12.8 Å². The standard InChI is InChI=1S/C16H23N7O4S/c1-22-11(6-5-10(17)24)19-20-15(22)28-9-12(25)21-23-13(26)16(18-14(23)27)7-3-2-4-8-16/h2-9H2,1H3,(H2,17,24)(H,18,27)(H,21,25). The molecule has 2 fully saturated rings. The van der Waals surface area contributed by atoms with E-state index in [1.54, 1.807) is 11.6 Å². The van der Waals surface area contributed by atoms with Crippen LogP contribution >= 0.6 is 11.8 Å². The van der Waals surface area contributed by atoms with Crippen molar-refractivity contribution in [3.05, 3.63) is 5.82 Å². The third kappa shape index (κ3) is 4.11. The lowest BCUT2D eigenvalue weighted by atomic mass is 9.82. The Balaban J connectivity index is 1.54. The Hall–Kier alpha value is -2.63. The summed E-state index contributed by atoms with van der Waals surface area (Å²) in [6, 6.07) is -0.599. The molecule has 0 atom stereocenters. The van der Waals surface area contributed by atoms with Crippen LogP contribution in [0.5, 0.6) is 0 Å². The van der Waals surface area contributed by atoms with Gasteiger partial charge in [-0.2, -0.15) is 5.01 Å². The number of carbonyl (C=O) groups is 4. The molecule has 4 N–H and O–H groups in total. The maximum Gasteiger partial charge on any atom is 0.344 e. The van der Waals surface area contributed by atoms with Crippen molar-refractivity contribution < 1.29 is 19.2 Å². The summed E-state index contributed by atoms with van der Waals surface area (Å²) in [4.78, 5) is 47.9. The minimum Gasteiger partial charge on any atom is -0.370 e. The molecule has 12 heteroatoms. The summed E-state index contributed by atoms with van der Waals surface area (Å²) in [7, 11) is 1.72. The number of urea groups is 1. The van der Waals surface area contributed by atoms with E-state index in [-0.39, 0.29) is 12.2 Å². The van der Waals surface area contributed by atoms with Crippen molar-refractivity contribution in [2.24, 2.45) is 12.8 Å². The van der Waals surface area contributed by atoms with Gasteiger partial charge in [-0.25, -0.2) is 4.79 Å². The second kappa shape index (κ2) is 8.17. The van der Waals surface area contributed by atoms with Crippen molar-refractivity contribution in [2.45, 2.75) is 55.6 Å². The molecule has 1 aromatic heterocycles. The molecule has 11 nitrogen and oxygen atoms in total. The van der Waals surface area contributed by atoms with Crippen LogP contribution in [-0.2, 0) is 27.9 Å². The number of aromatic nitrogens is 3. The van der Waals surface area contributed by atoms with E-state index in [0.29, 0.717) is 30.2 Å². The minimum absolute atomic E-state index is 0.0497. The predicted octanol–water partition coefficient (Wildman–Crippen LogP) is -0.389. The molecule has 5 amide bonds. The third-order valence-corrected chi connectivity index (χ3v) is 5.98. The van der Waals surface area contributed by atoms with Gasteiger partial charge in [0.1, 0.15) is 11.4 Å². The Labute approximate surface area is 165 Å². The molecule has 152 valence electrons. The molecule has 1 spiro atoms. The smallest absolute Gasteiger partial charge is 0.344 e. The molecule has 28 heavy (non-hydrogen) atoms. The predicted molar refractivity (Wildman–Crippen MR) is 98.6 cm³/mol. The van der Waals surface area contributed by atoms with E-state index in [0.717, 1.165) is 36.0 Å². The fourth-order valence-corrected chi connectivity index (χ4v) is 4.15. The summed E-state index contributed by atoms with van der Waals surface area (Å²) >= 11 is 1.11. The molecule has 1 aromatic rings. The average Bonchev–Trinajstić information content (AvgIpc) is 3.11. The zero-order valence-corrected chi connectivity index (χ0v) is 16.4.